The van der Waals surface area contributed by atoms with Crippen molar-refractivity contribution in [3.63, 3.8) is 0 Å². The quantitative estimate of drug-likeness (QED) is 0.0199. The highest BCUT2D eigenvalue weighted by Crippen LogP contribution is 2.38. The van der Waals surface area contributed by atoms with E-state index < -0.39 is 13.9 Å². The van der Waals surface area contributed by atoms with E-state index in [0.29, 0.717) is 24.1 Å². The Hall–Kier alpha value is -0.760. The van der Waals surface area contributed by atoms with E-state index in [1.165, 1.54) is 173 Å². The van der Waals surface area contributed by atoms with Gasteiger partial charge in [0.05, 0.1) is 34.4 Å². The first-order chi connectivity index (χ1) is 27.1. The number of nitrogens with zero attached hydrogens (tertiary/aromatic N) is 1. The number of hydrogen-bond donors (Lipinski definition) is 0. The summed E-state index contributed by atoms with van der Waals surface area (Å²) in [4.78, 5) is 25.1. The molecule has 0 aromatic carbocycles. The van der Waals surface area contributed by atoms with Gasteiger partial charge >= 0.3 is 5.97 Å². The van der Waals surface area contributed by atoms with E-state index in [1.807, 2.05) is 21.1 Å². The zero-order valence-electron chi connectivity index (χ0n) is 37.9. The first-order valence-corrected chi connectivity index (χ1v) is 25.4. The predicted molar refractivity (Wildman–Crippen MR) is 236 cm³/mol. The molecular formula is C47H94NO7P. The summed E-state index contributed by atoms with van der Waals surface area (Å²) < 4.78 is 34.7. The predicted octanol–water partition coefficient (Wildman–Crippen LogP) is 13.6. The van der Waals surface area contributed by atoms with Crippen molar-refractivity contribution in [3.8, 4) is 0 Å². The lowest BCUT2D eigenvalue weighted by Crippen LogP contribution is -2.37. The highest BCUT2D eigenvalue weighted by atomic mass is 31.2. The number of rotatable bonds is 45. The fraction of sp³-hybridized carbons (Fsp3) is 0.936. The van der Waals surface area contributed by atoms with Crippen LogP contribution in [0.15, 0.2) is 12.2 Å². The Balaban J connectivity index is 4.15. The molecule has 0 bridgehead atoms. The normalized spacial score (nSPS) is 13.8. The summed E-state index contributed by atoms with van der Waals surface area (Å²) in [7, 11) is 1.37. The van der Waals surface area contributed by atoms with E-state index >= 15 is 0 Å². The van der Waals surface area contributed by atoms with Crippen molar-refractivity contribution in [2.45, 2.75) is 232 Å². The summed E-state index contributed by atoms with van der Waals surface area (Å²) in [5.74, 6) is -0.331. The Bertz CT molecular complexity index is 909. The maximum absolute atomic E-state index is 12.7. The second-order valence-electron chi connectivity index (χ2n) is 17.5. The minimum atomic E-state index is -4.52. The van der Waals surface area contributed by atoms with E-state index in [1.54, 1.807) is 0 Å². The number of esters is 1. The molecule has 0 rings (SSSR count). The van der Waals surface area contributed by atoms with Crippen molar-refractivity contribution in [1.82, 2.24) is 0 Å². The van der Waals surface area contributed by atoms with Gasteiger partial charge in [-0.25, -0.2) is 0 Å². The van der Waals surface area contributed by atoms with Crippen molar-refractivity contribution in [2.24, 2.45) is 0 Å². The first kappa shape index (κ1) is 55.2. The molecule has 9 heteroatoms. The van der Waals surface area contributed by atoms with E-state index in [9.17, 15) is 14.3 Å². The summed E-state index contributed by atoms with van der Waals surface area (Å²) in [6.45, 7) is 5.44. The van der Waals surface area contributed by atoms with Gasteiger partial charge in [-0.1, -0.05) is 193 Å². The van der Waals surface area contributed by atoms with Gasteiger partial charge in [-0.3, -0.25) is 9.36 Å². The van der Waals surface area contributed by atoms with E-state index in [4.69, 9.17) is 18.5 Å². The molecule has 0 heterocycles. The fourth-order valence-electron chi connectivity index (χ4n) is 6.84. The number of likely N-dealkylation sites (N-methyl/N-ethyl adjacent to an activating group) is 1. The zero-order chi connectivity index (χ0) is 41.3. The molecule has 0 spiro atoms. The van der Waals surface area contributed by atoms with Gasteiger partial charge in [0.25, 0.3) is 7.82 Å². The zero-order valence-corrected chi connectivity index (χ0v) is 38.7. The number of phosphoric acid groups is 1. The van der Waals surface area contributed by atoms with Crippen LogP contribution in [0.5, 0.6) is 0 Å². The second-order valence-corrected chi connectivity index (χ2v) is 18.9. The summed E-state index contributed by atoms with van der Waals surface area (Å²) in [5.41, 5.74) is 0. The van der Waals surface area contributed by atoms with Crippen molar-refractivity contribution in [1.29, 1.82) is 0 Å². The van der Waals surface area contributed by atoms with E-state index in [-0.39, 0.29) is 25.8 Å². The highest BCUT2D eigenvalue weighted by molar-refractivity contribution is 7.45. The van der Waals surface area contributed by atoms with Gasteiger partial charge in [0.1, 0.15) is 19.3 Å². The largest absolute Gasteiger partial charge is 0.756 e. The molecule has 0 saturated heterocycles. The van der Waals surface area contributed by atoms with Crippen LogP contribution in [-0.4, -0.2) is 70.7 Å². The molecule has 0 aliphatic carbocycles. The van der Waals surface area contributed by atoms with Gasteiger partial charge in [-0.2, -0.15) is 0 Å². The lowest BCUT2D eigenvalue weighted by atomic mass is 10.0. The second kappa shape index (κ2) is 41.0. The molecule has 0 fully saturated rings. The SMILES string of the molecule is CCCCCCC/C=C\CCCCCCCCOCC(COP(=O)([O-])OCC[N+](C)(C)C)OC(=O)CCCCCCCCCCCCCCCCCCCCC. The Kier molecular flexibility index (Phi) is 40.4. The third kappa shape index (κ3) is 44.3. The Morgan fingerprint density at radius 2 is 0.929 bits per heavy atom. The lowest BCUT2D eigenvalue weighted by Gasteiger charge is -2.28. The third-order valence-corrected chi connectivity index (χ3v) is 11.5. The number of allylic oxidation sites excluding steroid dienone is 2. The average Bonchev–Trinajstić information content (AvgIpc) is 3.15. The molecule has 0 saturated carbocycles. The van der Waals surface area contributed by atoms with Crippen LogP contribution in [-0.2, 0) is 27.9 Å². The molecule has 56 heavy (non-hydrogen) atoms. The maximum atomic E-state index is 12.7. The molecule has 2 unspecified atom stereocenters. The molecule has 0 aromatic rings. The van der Waals surface area contributed by atoms with Gasteiger partial charge in [0, 0.05) is 13.0 Å². The van der Waals surface area contributed by atoms with Crippen LogP contribution in [0, 0.1) is 0 Å². The standard InChI is InChI=1S/C47H94NO7P/c1-6-8-10-12-14-16-18-20-22-23-24-25-26-28-30-32-34-36-38-40-47(49)55-46(45-54-56(50,51)53-43-41-48(3,4)5)44-52-42-39-37-35-33-31-29-27-21-19-17-15-13-11-9-7-2/h19,21,46H,6-18,20,22-45H2,1-5H3/b21-19-. The van der Waals surface area contributed by atoms with E-state index in [2.05, 4.69) is 26.0 Å². The maximum Gasteiger partial charge on any atom is 0.306 e. The van der Waals surface area contributed by atoms with Gasteiger partial charge in [0.2, 0.25) is 0 Å². The number of ether oxygens (including phenoxy) is 2. The van der Waals surface area contributed by atoms with Gasteiger partial charge in [0.15, 0.2) is 0 Å². The molecule has 2 atom stereocenters. The van der Waals surface area contributed by atoms with Gasteiger partial charge in [-0.15, -0.1) is 0 Å². The van der Waals surface area contributed by atoms with Crippen molar-refractivity contribution >= 4 is 13.8 Å². The van der Waals surface area contributed by atoms with Crippen LogP contribution in [0.2, 0.25) is 0 Å². The third-order valence-electron chi connectivity index (χ3n) is 10.6. The van der Waals surface area contributed by atoms with Crippen LogP contribution in [0.4, 0.5) is 0 Å². The van der Waals surface area contributed by atoms with Gasteiger partial charge < -0.3 is 27.9 Å². The van der Waals surface area contributed by atoms with Crippen molar-refractivity contribution in [3.05, 3.63) is 12.2 Å². The summed E-state index contributed by atoms with van der Waals surface area (Å²) in [5, 5.41) is 0. The summed E-state index contributed by atoms with van der Waals surface area (Å²) in [6, 6.07) is 0. The topological polar surface area (TPSA) is 94.1 Å². The van der Waals surface area contributed by atoms with Gasteiger partial charge in [-0.05, 0) is 38.5 Å². The molecule has 0 aliphatic heterocycles. The summed E-state index contributed by atoms with van der Waals surface area (Å²) in [6.07, 6.45) is 45.1. The number of unbranched alkanes of at least 4 members (excludes halogenated alkanes) is 29. The monoisotopic (exact) mass is 816 g/mol. The number of phosphoric ester groups is 1. The molecule has 0 N–H and O–H groups in total. The molecule has 334 valence electrons. The number of hydrogen-bond acceptors (Lipinski definition) is 7. The summed E-state index contributed by atoms with van der Waals surface area (Å²) >= 11 is 0. The van der Waals surface area contributed by atoms with Crippen LogP contribution >= 0.6 is 7.82 Å². The minimum Gasteiger partial charge on any atom is -0.756 e. The van der Waals surface area contributed by atoms with E-state index in [0.717, 1.165) is 32.1 Å². The Morgan fingerprint density at radius 1 is 0.536 bits per heavy atom. The molecule has 0 amide bonds. The lowest BCUT2D eigenvalue weighted by molar-refractivity contribution is -0.870. The molecular weight excluding hydrogens is 721 g/mol. The molecule has 0 radical (unpaired) electrons. The van der Waals surface area contributed by atoms with Crippen molar-refractivity contribution < 1.29 is 37.3 Å². The molecule has 0 aromatic heterocycles. The smallest absolute Gasteiger partial charge is 0.306 e. The number of carbonyl (C=O) groups excluding carboxylic acids is 1. The first-order valence-electron chi connectivity index (χ1n) is 23.9. The van der Waals surface area contributed by atoms with Crippen LogP contribution in [0.1, 0.15) is 226 Å². The average molecular weight is 816 g/mol. The minimum absolute atomic E-state index is 0.0283. The molecule has 8 nitrogen and oxygen atoms in total. The highest BCUT2D eigenvalue weighted by Gasteiger charge is 2.20. The van der Waals surface area contributed by atoms with Crippen LogP contribution < -0.4 is 4.89 Å². The fourth-order valence-corrected chi connectivity index (χ4v) is 7.57. The van der Waals surface area contributed by atoms with Crippen molar-refractivity contribution in [2.75, 3.05) is 54.1 Å². The number of carbonyl (C=O) groups is 1. The number of quaternary nitrogens is 1. The molecule has 0 aliphatic rings. The Labute approximate surface area is 348 Å². The van der Waals surface area contributed by atoms with Crippen LogP contribution in [0.25, 0.3) is 0 Å². The van der Waals surface area contributed by atoms with Crippen LogP contribution in [0.3, 0.4) is 0 Å². The Morgan fingerprint density at radius 3 is 1.36 bits per heavy atom.